The molecular formula is C27H30Br2ClN3O3+2. The Labute approximate surface area is 233 Å². The minimum absolute atomic E-state index is 0. The van der Waals surface area contributed by atoms with Crippen molar-refractivity contribution in [2.75, 3.05) is 13.1 Å². The molecule has 6 nitrogen and oxygen atoms in total. The Morgan fingerprint density at radius 1 is 1.06 bits per heavy atom. The van der Waals surface area contributed by atoms with Crippen LogP contribution in [0.4, 0.5) is 0 Å². The summed E-state index contributed by atoms with van der Waals surface area (Å²) in [6.07, 6.45) is 8.41. The zero-order valence-electron chi connectivity index (χ0n) is 19.0. The molecule has 1 saturated heterocycles. The second-order valence-corrected chi connectivity index (χ2v) is 11.5. The second kappa shape index (κ2) is 11.1. The number of hydrogen-bond acceptors (Lipinski definition) is 3. The monoisotopic (exact) mass is 637 g/mol. The number of carbonyl (C=O) groups excluding carboxylic acids is 1. The first-order valence-corrected chi connectivity index (χ1v) is 13.6. The summed E-state index contributed by atoms with van der Waals surface area (Å²) in [4.78, 5) is 14.9. The van der Waals surface area contributed by atoms with Crippen molar-refractivity contribution in [3.8, 4) is 0 Å². The van der Waals surface area contributed by atoms with Crippen molar-refractivity contribution < 1.29 is 24.7 Å². The molecule has 9 heteroatoms. The van der Waals surface area contributed by atoms with E-state index in [4.69, 9.17) is 11.6 Å². The topological polar surface area (TPSA) is 68.5 Å². The third-order valence-corrected chi connectivity index (χ3v) is 8.49. The van der Waals surface area contributed by atoms with Crippen LogP contribution in [0.25, 0.3) is 0 Å². The number of hydrogen-bond donors (Lipinski definition) is 2. The second-order valence-electron chi connectivity index (χ2n) is 9.33. The molecular weight excluding hydrogens is 610 g/mol. The zero-order valence-corrected chi connectivity index (χ0v) is 22.9. The van der Waals surface area contributed by atoms with Crippen LogP contribution in [-0.2, 0) is 24.1 Å². The van der Waals surface area contributed by atoms with Crippen molar-refractivity contribution in [2.45, 2.75) is 45.4 Å². The summed E-state index contributed by atoms with van der Waals surface area (Å²) in [7, 11) is 0. The number of likely N-dealkylation sites (tertiary alicyclic amines) is 1. The maximum Gasteiger partial charge on any atom is 0.245 e. The van der Waals surface area contributed by atoms with E-state index in [2.05, 4.69) is 37.9 Å². The largest absolute Gasteiger partial charge is 0.342 e. The molecule has 1 atom stereocenters. The van der Waals surface area contributed by atoms with Crippen LogP contribution in [0.5, 0.6) is 0 Å². The molecule has 2 aromatic heterocycles. The van der Waals surface area contributed by atoms with E-state index in [1.54, 1.807) is 18.3 Å². The lowest BCUT2D eigenvalue weighted by Gasteiger charge is -2.36. The molecule has 1 aliphatic heterocycles. The molecule has 5 rings (SSSR count). The van der Waals surface area contributed by atoms with Gasteiger partial charge >= 0.3 is 0 Å². The van der Waals surface area contributed by atoms with E-state index in [9.17, 15) is 15.2 Å². The molecule has 2 aliphatic rings. The molecule has 0 radical (unpaired) electrons. The van der Waals surface area contributed by atoms with Crippen molar-refractivity contribution in [1.82, 2.24) is 4.90 Å². The molecule has 3 heterocycles. The number of rotatable bonds is 3. The molecule has 3 aromatic rings. The fraction of sp³-hybridized carbons (Fsp3) is 0.370. The molecule has 0 saturated carbocycles. The van der Waals surface area contributed by atoms with E-state index < -0.39 is 0 Å². The number of aromatic nitrogens is 2. The summed E-state index contributed by atoms with van der Waals surface area (Å²) in [6.45, 7) is 1.34. The van der Waals surface area contributed by atoms with Crippen LogP contribution in [-0.4, -0.2) is 34.3 Å². The molecule has 36 heavy (non-hydrogen) atoms. The van der Waals surface area contributed by atoms with Gasteiger partial charge in [-0.05, 0) is 82.4 Å². The van der Waals surface area contributed by atoms with Gasteiger partial charge in [0.15, 0.2) is 0 Å². The van der Waals surface area contributed by atoms with Crippen LogP contribution in [0.15, 0.2) is 57.9 Å². The zero-order chi connectivity index (χ0) is 24.7. The molecule has 1 aliphatic carbocycles. The number of fused-ring (bicyclic) bond motifs is 2. The highest BCUT2D eigenvalue weighted by Crippen LogP contribution is 2.45. The lowest BCUT2D eigenvalue weighted by molar-refractivity contribution is -0.911. The summed E-state index contributed by atoms with van der Waals surface area (Å²) in [5.74, 6) is 0.338. The normalized spacial score (nSPS) is 17.5. The number of amides is 1. The Balaban J connectivity index is 0.00000304. The lowest BCUT2D eigenvalue weighted by Crippen LogP contribution is -2.44. The number of nitrogens with zero attached hydrogens (tertiary/aromatic N) is 3. The van der Waals surface area contributed by atoms with Crippen molar-refractivity contribution in [1.29, 1.82) is 0 Å². The molecule has 0 spiro atoms. The minimum atomic E-state index is -0.0152. The average molecular weight is 640 g/mol. The predicted molar refractivity (Wildman–Crippen MR) is 143 cm³/mol. The first-order chi connectivity index (χ1) is 16.8. The number of carbonyl (C=O) groups is 1. The highest BCUT2D eigenvalue weighted by Gasteiger charge is 2.41. The number of benzene rings is 1. The number of aryl methyl sites for hydroxylation is 2. The van der Waals surface area contributed by atoms with E-state index in [0.29, 0.717) is 24.5 Å². The molecule has 190 valence electrons. The van der Waals surface area contributed by atoms with Gasteiger partial charge in [-0.25, -0.2) is 0 Å². The van der Waals surface area contributed by atoms with Crippen molar-refractivity contribution in [3.05, 3.63) is 90.8 Å². The van der Waals surface area contributed by atoms with Gasteiger partial charge in [-0.2, -0.15) is 0 Å². The molecule has 0 unspecified atom stereocenters. The average Bonchev–Trinajstić information content (AvgIpc) is 2.98. The molecule has 1 aromatic carbocycles. The summed E-state index contributed by atoms with van der Waals surface area (Å²) >= 11 is 13.7. The predicted octanol–water partition coefficient (Wildman–Crippen LogP) is 5.26. The minimum Gasteiger partial charge on any atom is -0.342 e. The fourth-order valence-electron chi connectivity index (χ4n) is 5.55. The number of piperidine rings is 1. The SMILES string of the molecule is C.O=C(Cc1cc[n+](O)cc1)N1CCC([C@H]2c3c(Br)cc(Cl)cc3CCc3cc(Br)c[n+](O)c32)CC1. The Bertz CT molecular complexity index is 1220. The standard InChI is InChI=1S/C26H26Br2ClN3O3.CH4/c27-20-12-19-2-1-18-13-21(29)14-22(28)24(18)25(26(19)32(35)15-20)17-5-7-30(8-6-17)23(33)11-16-3-9-31(34)10-4-16;/h3-4,9-10,12-15,17,25,34-35H,1-2,5-8,11H2;1H4/q+2;/t25-;/m0./s1. The Morgan fingerprint density at radius 3 is 2.42 bits per heavy atom. The summed E-state index contributed by atoms with van der Waals surface area (Å²) in [5, 5.41) is 21.1. The Hall–Kier alpha value is -2.16. The van der Waals surface area contributed by atoms with Crippen LogP contribution < -0.4 is 9.46 Å². The third-order valence-electron chi connectivity index (χ3n) is 7.18. The van der Waals surface area contributed by atoms with Gasteiger partial charge in [0.25, 0.3) is 0 Å². The van der Waals surface area contributed by atoms with Gasteiger partial charge in [0.1, 0.15) is 0 Å². The van der Waals surface area contributed by atoms with E-state index in [0.717, 1.165) is 56.2 Å². The summed E-state index contributed by atoms with van der Waals surface area (Å²) in [6, 6.07) is 9.60. The maximum absolute atomic E-state index is 13.0. The Kier molecular flexibility index (Phi) is 8.27. The third kappa shape index (κ3) is 5.41. The molecule has 1 amide bonds. The van der Waals surface area contributed by atoms with Gasteiger partial charge in [-0.3, -0.25) is 15.2 Å². The lowest BCUT2D eigenvalue weighted by atomic mass is 9.76. The van der Waals surface area contributed by atoms with E-state index in [1.165, 1.54) is 28.3 Å². The highest BCUT2D eigenvalue weighted by atomic mass is 79.9. The molecule has 2 N–H and O–H groups in total. The quantitative estimate of drug-likeness (QED) is 0.304. The molecule has 0 bridgehead atoms. The van der Waals surface area contributed by atoms with Crippen LogP contribution in [0.1, 0.15) is 54.1 Å². The first-order valence-electron chi connectivity index (χ1n) is 11.7. The smallest absolute Gasteiger partial charge is 0.245 e. The summed E-state index contributed by atoms with van der Waals surface area (Å²) in [5.41, 5.74) is 5.30. The van der Waals surface area contributed by atoms with Crippen LogP contribution in [0.3, 0.4) is 0 Å². The molecule has 1 fully saturated rings. The number of pyridine rings is 2. The van der Waals surface area contributed by atoms with E-state index >= 15 is 0 Å². The number of halogens is 3. The van der Waals surface area contributed by atoms with Gasteiger partial charge in [0, 0.05) is 49.7 Å². The van der Waals surface area contributed by atoms with E-state index in [1.807, 2.05) is 17.0 Å². The Morgan fingerprint density at radius 2 is 1.72 bits per heavy atom. The van der Waals surface area contributed by atoms with Crippen LogP contribution in [0, 0.1) is 5.92 Å². The van der Waals surface area contributed by atoms with E-state index in [-0.39, 0.29) is 25.2 Å². The fourth-order valence-corrected chi connectivity index (χ4v) is 7.14. The van der Waals surface area contributed by atoms with Crippen LogP contribution in [0.2, 0.25) is 5.02 Å². The van der Waals surface area contributed by atoms with Gasteiger partial charge in [-0.1, -0.05) is 35.0 Å². The van der Waals surface area contributed by atoms with Gasteiger partial charge in [0.2, 0.25) is 30.2 Å². The maximum atomic E-state index is 13.0. The van der Waals surface area contributed by atoms with Crippen molar-refractivity contribution in [3.63, 3.8) is 0 Å². The van der Waals surface area contributed by atoms with Crippen molar-refractivity contribution in [2.24, 2.45) is 5.92 Å². The van der Waals surface area contributed by atoms with Gasteiger partial charge in [0.05, 0.1) is 16.8 Å². The van der Waals surface area contributed by atoms with Crippen molar-refractivity contribution >= 4 is 49.4 Å². The van der Waals surface area contributed by atoms with Gasteiger partial charge < -0.3 is 4.90 Å². The van der Waals surface area contributed by atoms with Gasteiger partial charge in [-0.15, -0.1) is 0 Å². The first kappa shape index (κ1) is 26.9. The summed E-state index contributed by atoms with van der Waals surface area (Å²) < 4.78 is 4.05. The van der Waals surface area contributed by atoms with Crippen LogP contribution >= 0.6 is 43.5 Å². The highest BCUT2D eigenvalue weighted by molar-refractivity contribution is 9.10.